The van der Waals surface area contributed by atoms with Crippen LogP contribution in [-0.4, -0.2) is 74.8 Å². The Hall–Kier alpha value is -1.66. The first kappa shape index (κ1) is 21.3. The summed E-state index contributed by atoms with van der Waals surface area (Å²) in [4.78, 5) is 21.2. The lowest BCUT2D eigenvalue weighted by Crippen LogP contribution is -2.42. The maximum atomic E-state index is 10.6. The highest BCUT2D eigenvalue weighted by atomic mass is 16.5. The summed E-state index contributed by atoms with van der Waals surface area (Å²) in [6.45, 7) is 3.42. The van der Waals surface area contributed by atoms with Crippen LogP contribution >= 0.6 is 0 Å². The van der Waals surface area contributed by atoms with E-state index in [2.05, 4.69) is 0 Å². The highest BCUT2D eigenvalue weighted by molar-refractivity contribution is 5.71. The fourth-order valence-electron chi connectivity index (χ4n) is 1.44. The summed E-state index contributed by atoms with van der Waals surface area (Å²) in [5.74, 6) is 10.6. The van der Waals surface area contributed by atoms with Gasteiger partial charge in [0, 0.05) is 26.3 Å². The van der Waals surface area contributed by atoms with Gasteiger partial charge in [0.1, 0.15) is 0 Å². The number of amides is 4. The minimum Gasteiger partial charge on any atom is -0.379 e. The summed E-state index contributed by atoms with van der Waals surface area (Å²) in [5.41, 5.74) is 9.93. The Morgan fingerprint density at radius 2 is 0.957 bits per heavy atom. The lowest BCUT2D eigenvalue weighted by atomic mass is 10.4. The third kappa shape index (κ3) is 13.7. The second-order valence-corrected chi connectivity index (χ2v) is 4.61. The molecule has 23 heavy (non-hydrogen) atoms. The minimum atomic E-state index is -0.665. The predicted molar refractivity (Wildman–Crippen MR) is 82.6 cm³/mol. The van der Waals surface area contributed by atoms with Gasteiger partial charge in [-0.2, -0.15) is 0 Å². The van der Waals surface area contributed by atoms with Crippen LogP contribution in [0.5, 0.6) is 0 Å². The predicted octanol–water partition coefficient (Wildman–Crippen LogP) is -1.67. The van der Waals surface area contributed by atoms with Gasteiger partial charge in [0.05, 0.1) is 26.4 Å². The highest BCUT2D eigenvalue weighted by Crippen LogP contribution is 1.89. The van der Waals surface area contributed by atoms with E-state index in [0.717, 1.165) is 10.0 Å². The third-order valence-electron chi connectivity index (χ3n) is 2.69. The molecule has 0 aromatic heterocycles. The van der Waals surface area contributed by atoms with Gasteiger partial charge in [-0.25, -0.2) is 21.3 Å². The summed E-state index contributed by atoms with van der Waals surface area (Å²) in [5, 5.41) is 1.87. The number of urea groups is 2. The zero-order valence-corrected chi connectivity index (χ0v) is 13.3. The molecule has 4 amide bonds. The van der Waals surface area contributed by atoms with Gasteiger partial charge in [0.2, 0.25) is 0 Å². The summed E-state index contributed by atoms with van der Waals surface area (Å²) >= 11 is 0. The van der Waals surface area contributed by atoms with E-state index in [1.807, 2.05) is 0 Å². The van der Waals surface area contributed by atoms with Crippen LogP contribution in [0.15, 0.2) is 0 Å². The van der Waals surface area contributed by atoms with Crippen LogP contribution in [-0.2, 0) is 14.2 Å². The van der Waals surface area contributed by atoms with E-state index in [-0.39, 0.29) is 0 Å². The van der Waals surface area contributed by atoms with E-state index >= 15 is 0 Å². The molecule has 0 bridgehead atoms. The number of nitrogens with two attached hydrogens (primary N) is 4. The molecule has 8 N–H and O–H groups in total. The van der Waals surface area contributed by atoms with Crippen molar-refractivity contribution in [2.75, 3.05) is 52.7 Å². The topological polar surface area (TPSA) is 172 Å². The van der Waals surface area contributed by atoms with Crippen molar-refractivity contribution in [2.45, 2.75) is 12.8 Å². The highest BCUT2D eigenvalue weighted by Gasteiger charge is 2.03. The number of rotatable bonds is 14. The monoisotopic (exact) mass is 336 g/mol. The van der Waals surface area contributed by atoms with E-state index in [1.54, 1.807) is 0 Å². The van der Waals surface area contributed by atoms with Gasteiger partial charge in [-0.3, -0.25) is 10.0 Å². The zero-order valence-electron chi connectivity index (χ0n) is 13.3. The van der Waals surface area contributed by atoms with Crippen LogP contribution in [0.3, 0.4) is 0 Å². The van der Waals surface area contributed by atoms with Gasteiger partial charge >= 0.3 is 12.1 Å². The molecule has 0 aliphatic carbocycles. The number of hydrogen-bond acceptors (Lipinski definition) is 7. The second kappa shape index (κ2) is 14.0. The molecule has 0 heterocycles. The Morgan fingerprint density at radius 1 is 0.652 bits per heavy atom. The average Bonchev–Trinajstić information content (AvgIpc) is 2.50. The van der Waals surface area contributed by atoms with Crippen molar-refractivity contribution < 1.29 is 23.8 Å². The average molecular weight is 336 g/mol. The first-order valence-electron chi connectivity index (χ1n) is 7.31. The van der Waals surface area contributed by atoms with Gasteiger partial charge in [0.15, 0.2) is 0 Å². The van der Waals surface area contributed by atoms with Crippen molar-refractivity contribution in [3.63, 3.8) is 0 Å². The SMILES string of the molecule is NC(=O)N(N)CCCOCCOCCOCCCN(N)C(N)=O. The Bertz CT molecular complexity index is 303. The molecular weight excluding hydrogens is 308 g/mol. The number of ether oxygens (including phenoxy) is 3. The minimum absolute atomic E-state index is 0.347. The molecule has 136 valence electrons. The largest absolute Gasteiger partial charge is 0.379 e. The van der Waals surface area contributed by atoms with E-state index in [1.165, 1.54) is 0 Å². The number of primary amides is 2. The molecule has 0 saturated carbocycles. The van der Waals surface area contributed by atoms with Crippen molar-refractivity contribution in [3.8, 4) is 0 Å². The molecule has 11 heteroatoms. The van der Waals surface area contributed by atoms with E-state index in [0.29, 0.717) is 65.6 Å². The fourth-order valence-corrected chi connectivity index (χ4v) is 1.44. The van der Waals surface area contributed by atoms with Gasteiger partial charge in [-0.05, 0) is 12.8 Å². The lowest BCUT2D eigenvalue weighted by molar-refractivity contribution is 0.0124. The Morgan fingerprint density at radius 3 is 1.26 bits per heavy atom. The van der Waals surface area contributed by atoms with Gasteiger partial charge in [-0.15, -0.1) is 0 Å². The first-order valence-corrected chi connectivity index (χ1v) is 7.31. The van der Waals surface area contributed by atoms with Crippen LogP contribution < -0.4 is 23.2 Å². The summed E-state index contributed by atoms with van der Waals surface area (Å²) in [6.07, 6.45) is 1.21. The molecule has 0 fully saturated rings. The normalized spacial score (nSPS) is 10.5. The number of carbonyl (C=O) groups excluding carboxylic acids is 2. The molecule has 0 aliphatic rings. The van der Waals surface area contributed by atoms with Crippen LogP contribution in [0.4, 0.5) is 9.59 Å². The Balaban J connectivity index is 3.16. The number of carbonyl (C=O) groups is 2. The summed E-state index contributed by atoms with van der Waals surface area (Å²) in [7, 11) is 0. The maximum Gasteiger partial charge on any atom is 0.328 e. The Labute approximate surface area is 135 Å². The zero-order chi connectivity index (χ0) is 17.5. The number of nitrogens with zero attached hydrogens (tertiary/aromatic N) is 2. The van der Waals surface area contributed by atoms with Crippen LogP contribution in [0, 0.1) is 0 Å². The quantitative estimate of drug-likeness (QED) is 0.127. The van der Waals surface area contributed by atoms with Crippen molar-refractivity contribution in [2.24, 2.45) is 23.2 Å². The fraction of sp³-hybridized carbons (Fsp3) is 0.833. The van der Waals surface area contributed by atoms with E-state index in [9.17, 15) is 9.59 Å². The summed E-state index contributed by atoms with van der Waals surface area (Å²) in [6, 6.07) is -1.33. The van der Waals surface area contributed by atoms with Crippen molar-refractivity contribution in [3.05, 3.63) is 0 Å². The van der Waals surface area contributed by atoms with Crippen LogP contribution in [0.1, 0.15) is 12.8 Å². The number of hydrogen-bond donors (Lipinski definition) is 4. The molecule has 0 rings (SSSR count). The molecule has 0 aromatic rings. The van der Waals surface area contributed by atoms with Crippen molar-refractivity contribution in [1.82, 2.24) is 10.0 Å². The van der Waals surface area contributed by atoms with Gasteiger partial charge in [-0.1, -0.05) is 0 Å². The molecular formula is C12H28N6O5. The van der Waals surface area contributed by atoms with E-state index < -0.39 is 12.1 Å². The van der Waals surface area contributed by atoms with Gasteiger partial charge < -0.3 is 25.7 Å². The maximum absolute atomic E-state index is 10.6. The molecule has 0 aromatic carbocycles. The van der Waals surface area contributed by atoms with Gasteiger partial charge in [0.25, 0.3) is 0 Å². The molecule has 0 aliphatic heterocycles. The van der Waals surface area contributed by atoms with Crippen LogP contribution in [0.25, 0.3) is 0 Å². The lowest BCUT2D eigenvalue weighted by Gasteiger charge is -2.13. The molecule has 0 unspecified atom stereocenters. The van der Waals surface area contributed by atoms with E-state index in [4.69, 9.17) is 37.4 Å². The first-order chi connectivity index (χ1) is 10.9. The standard InChI is InChI=1S/C12H28N6O5/c13-11(19)17(15)3-1-5-21-7-9-23-10-8-22-6-2-4-18(16)12(14)20/h1-10,15-16H2,(H2,13,19)(H2,14,20). The molecule has 0 atom stereocenters. The van der Waals surface area contributed by atoms with Crippen molar-refractivity contribution >= 4 is 12.1 Å². The molecule has 11 nitrogen and oxygen atoms in total. The molecule has 0 radical (unpaired) electrons. The Kier molecular flexibility index (Phi) is 13.0. The second-order valence-electron chi connectivity index (χ2n) is 4.61. The smallest absolute Gasteiger partial charge is 0.328 e. The third-order valence-corrected chi connectivity index (χ3v) is 2.69. The molecule has 0 saturated heterocycles. The number of hydrazine groups is 2. The molecule has 0 spiro atoms. The van der Waals surface area contributed by atoms with Crippen molar-refractivity contribution in [1.29, 1.82) is 0 Å². The summed E-state index contributed by atoms with van der Waals surface area (Å²) < 4.78 is 15.9. The van der Waals surface area contributed by atoms with Crippen LogP contribution in [0.2, 0.25) is 0 Å².